The topological polar surface area (TPSA) is 157 Å². The van der Waals surface area contributed by atoms with Crippen molar-refractivity contribution in [3.63, 3.8) is 0 Å². The molecule has 1 aliphatic heterocycles. The van der Waals surface area contributed by atoms with E-state index in [2.05, 4.69) is 33.9 Å². The number of hydrogen-bond acceptors (Lipinski definition) is 7. The second-order valence-corrected chi connectivity index (χ2v) is 8.76. The van der Waals surface area contributed by atoms with Crippen molar-refractivity contribution in [3.05, 3.63) is 29.8 Å². The van der Waals surface area contributed by atoms with E-state index in [0.29, 0.717) is 12.0 Å². The van der Waals surface area contributed by atoms with Gasteiger partial charge in [-0.15, -0.1) is 0 Å². The van der Waals surface area contributed by atoms with Gasteiger partial charge in [-0.25, -0.2) is 4.79 Å². The van der Waals surface area contributed by atoms with Crippen LogP contribution in [0.2, 0.25) is 0 Å². The number of nitrogens with one attached hydrogen (secondary N) is 4. The van der Waals surface area contributed by atoms with Crippen LogP contribution in [-0.2, 0) is 25.6 Å². The highest BCUT2D eigenvalue weighted by Gasteiger charge is 2.32. The van der Waals surface area contributed by atoms with E-state index in [4.69, 9.17) is 0 Å². The molecule has 11 heteroatoms. The minimum absolute atomic E-state index is 0.00629. The Labute approximate surface area is 198 Å². The average molecular weight is 481 g/mol. The van der Waals surface area contributed by atoms with Crippen molar-refractivity contribution in [1.29, 1.82) is 0 Å². The molecule has 0 radical (unpaired) electrons. The third-order valence-corrected chi connectivity index (χ3v) is 5.80. The molecule has 4 unspecified atom stereocenters. The van der Waals surface area contributed by atoms with Crippen LogP contribution in [0.3, 0.4) is 0 Å². The molecule has 0 saturated carbocycles. The van der Waals surface area contributed by atoms with Crippen LogP contribution in [-0.4, -0.2) is 70.4 Å². The van der Waals surface area contributed by atoms with Gasteiger partial charge in [0.1, 0.15) is 23.9 Å². The summed E-state index contributed by atoms with van der Waals surface area (Å²) in [6, 6.07) is 2.43. The lowest BCUT2D eigenvalue weighted by molar-refractivity contribution is -0.142. The number of thiol groups is 1. The van der Waals surface area contributed by atoms with E-state index in [1.165, 1.54) is 12.1 Å². The highest BCUT2D eigenvalue weighted by atomic mass is 32.1. The average Bonchev–Trinajstić information content (AvgIpc) is 3.31. The molecule has 2 rings (SSSR count). The van der Waals surface area contributed by atoms with E-state index >= 15 is 0 Å². The fourth-order valence-corrected chi connectivity index (χ4v) is 3.75. The molecule has 0 aromatic heterocycles. The van der Waals surface area contributed by atoms with Crippen molar-refractivity contribution in [2.75, 3.05) is 12.3 Å². The molecule has 1 saturated heterocycles. The Balaban J connectivity index is 2.01. The molecular weight excluding hydrogens is 448 g/mol. The standard InChI is InChI=1S/C22H32N4O6S/c1-12(2)18(26-19(28)15-4-3-9-23-15)21(30)25-17(11-33)20(29)24-16(22(31)32)10-13-5-7-14(27)8-6-13/h5-8,12,15-18,23,27,33H,3-4,9-11H2,1-2H3,(H,24,29)(H,25,30)(H,26,28)(H,31,32). The Morgan fingerprint density at radius 1 is 1.06 bits per heavy atom. The summed E-state index contributed by atoms with van der Waals surface area (Å²) in [5.41, 5.74) is 0.607. The zero-order chi connectivity index (χ0) is 24.5. The molecule has 182 valence electrons. The van der Waals surface area contributed by atoms with Gasteiger partial charge in [0.2, 0.25) is 17.7 Å². The van der Waals surface area contributed by atoms with E-state index in [1.54, 1.807) is 26.0 Å². The van der Waals surface area contributed by atoms with Crippen molar-refractivity contribution in [2.24, 2.45) is 5.92 Å². The van der Waals surface area contributed by atoms with Crippen molar-refractivity contribution >= 4 is 36.3 Å². The molecule has 3 amide bonds. The van der Waals surface area contributed by atoms with Crippen LogP contribution in [0.15, 0.2) is 24.3 Å². The Bertz CT molecular complexity index is 842. The van der Waals surface area contributed by atoms with Crippen LogP contribution in [0.4, 0.5) is 0 Å². The molecule has 10 nitrogen and oxygen atoms in total. The molecule has 33 heavy (non-hydrogen) atoms. The Morgan fingerprint density at radius 3 is 2.21 bits per heavy atom. The van der Waals surface area contributed by atoms with Crippen molar-refractivity contribution in [2.45, 2.75) is 57.3 Å². The lowest BCUT2D eigenvalue weighted by Gasteiger charge is -2.26. The van der Waals surface area contributed by atoms with Crippen molar-refractivity contribution < 1.29 is 29.4 Å². The molecule has 4 atom stereocenters. The van der Waals surface area contributed by atoms with E-state index in [0.717, 1.165) is 13.0 Å². The van der Waals surface area contributed by atoms with Crippen LogP contribution >= 0.6 is 12.6 Å². The predicted octanol–water partition coefficient (Wildman–Crippen LogP) is -0.188. The van der Waals surface area contributed by atoms with Gasteiger partial charge in [-0.1, -0.05) is 26.0 Å². The third kappa shape index (κ3) is 7.93. The van der Waals surface area contributed by atoms with Gasteiger partial charge >= 0.3 is 5.97 Å². The van der Waals surface area contributed by atoms with Crippen LogP contribution in [0.25, 0.3) is 0 Å². The lowest BCUT2D eigenvalue weighted by Crippen LogP contribution is -2.59. The second-order valence-electron chi connectivity index (χ2n) is 8.39. The molecule has 1 heterocycles. The van der Waals surface area contributed by atoms with Gasteiger partial charge in [-0.3, -0.25) is 14.4 Å². The third-order valence-electron chi connectivity index (χ3n) is 5.43. The van der Waals surface area contributed by atoms with E-state index in [-0.39, 0.29) is 35.8 Å². The summed E-state index contributed by atoms with van der Waals surface area (Å²) in [4.78, 5) is 49.7. The SMILES string of the molecule is CC(C)C(NC(=O)C1CCCN1)C(=O)NC(CS)C(=O)NC(Cc1ccc(O)cc1)C(=O)O. The summed E-state index contributed by atoms with van der Waals surface area (Å²) in [6.45, 7) is 4.30. The Hall–Kier alpha value is -2.79. The normalized spacial score (nSPS) is 18.2. The lowest BCUT2D eigenvalue weighted by atomic mass is 10.0. The smallest absolute Gasteiger partial charge is 0.326 e. The number of aliphatic carboxylic acids is 1. The molecule has 1 aromatic rings. The van der Waals surface area contributed by atoms with Crippen LogP contribution in [0.5, 0.6) is 5.75 Å². The van der Waals surface area contributed by atoms with Crippen LogP contribution in [0, 0.1) is 5.92 Å². The molecule has 0 aliphatic carbocycles. The number of carbonyl (C=O) groups is 4. The first-order chi connectivity index (χ1) is 15.6. The Morgan fingerprint density at radius 2 is 1.70 bits per heavy atom. The number of phenolic OH excluding ortho intramolecular Hbond substituents is 1. The molecule has 0 spiro atoms. The minimum atomic E-state index is -1.24. The fraction of sp³-hybridized carbons (Fsp3) is 0.545. The summed E-state index contributed by atoms with van der Waals surface area (Å²) >= 11 is 4.13. The zero-order valence-electron chi connectivity index (χ0n) is 18.7. The fourth-order valence-electron chi connectivity index (χ4n) is 3.49. The van der Waals surface area contributed by atoms with Gasteiger partial charge in [-0.2, -0.15) is 12.6 Å². The van der Waals surface area contributed by atoms with Gasteiger partial charge in [0.15, 0.2) is 0 Å². The van der Waals surface area contributed by atoms with Gasteiger partial charge in [0.05, 0.1) is 6.04 Å². The number of carboxylic acid groups (broad SMARTS) is 1. The van der Waals surface area contributed by atoms with E-state index < -0.39 is 35.9 Å². The number of benzene rings is 1. The number of rotatable bonds is 11. The first-order valence-corrected chi connectivity index (χ1v) is 11.5. The number of aromatic hydroxyl groups is 1. The van der Waals surface area contributed by atoms with Gasteiger partial charge in [0.25, 0.3) is 0 Å². The first kappa shape index (κ1) is 26.5. The molecule has 1 fully saturated rings. The largest absolute Gasteiger partial charge is 0.508 e. The number of carbonyl (C=O) groups excluding carboxylic acids is 3. The first-order valence-electron chi connectivity index (χ1n) is 10.9. The summed E-state index contributed by atoms with van der Waals surface area (Å²) in [5, 5.41) is 29.7. The van der Waals surface area contributed by atoms with Crippen molar-refractivity contribution in [1.82, 2.24) is 21.3 Å². The maximum absolute atomic E-state index is 12.9. The highest BCUT2D eigenvalue weighted by molar-refractivity contribution is 7.80. The van der Waals surface area contributed by atoms with Crippen LogP contribution < -0.4 is 21.3 Å². The van der Waals surface area contributed by atoms with Gasteiger partial charge < -0.3 is 31.5 Å². The highest BCUT2D eigenvalue weighted by Crippen LogP contribution is 2.12. The molecule has 1 aromatic carbocycles. The quantitative estimate of drug-likeness (QED) is 0.216. The maximum atomic E-state index is 12.9. The molecule has 1 aliphatic rings. The second kappa shape index (κ2) is 12.4. The van der Waals surface area contributed by atoms with Gasteiger partial charge in [0, 0.05) is 12.2 Å². The van der Waals surface area contributed by atoms with E-state index in [1.807, 2.05) is 0 Å². The summed E-state index contributed by atoms with van der Waals surface area (Å²) in [6.07, 6.45) is 1.57. The Kier molecular flexibility index (Phi) is 9.98. The van der Waals surface area contributed by atoms with Crippen LogP contribution in [0.1, 0.15) is 32.3 Å². The van der Waals surface area contributed by atoms with Gasteiger partial charge in [-0.05, 0) is 43.0 Å². The summed E-state index contributed by atoms with van der Waals surface area (Å²) in [5.74, 6) is -3.01. The summed E-state index contributed by atoms with van der Waals surface area (Å²) in [7, 11) is 0. The number of hydrogen-bond donors (Lipinski definition) is 7. The summed E-state index contributed by atoms with van der Waals surface area (Å²) < 4.78 is 0. The number of carboxylic acids is 1. The number of phenols is 1. The maximum Gasteiger partial charge on any atom is 0.326 e. The zero-order valence-corrected chi connectivity index (χ0v) is 19.6. The molecule has 6 N–H and O–H groups in total. The van der Waals surface area contributed by atoms with E-state index in [9.17, 15) is 29.4 Å². The number of amides is 3. The predicted molar refractivity (Wildman–Crippen MR) is 125 cm³/mol. The monoisotopic (exact) mass is 480 g/mol. The minimum Gasteiger partial charge on any atom is -0.508 e. The molecule has 0 bridgehead atoms. The van der Waals surface area contributed by atoms with Crippen molar-refractivity contribution in [3.8, 4) is 5.75 Å². The molecular formula is C22H32N4O6S.